The molecule has 4 heteroatoms. The number of benzene rings is 2. The number of rotatable bonds is 5. The maximum atomic E-state index is 12.1. The van der Waals surface area contributed by atoms with Crippen molar-refractivity contribution < 1.29 is 19.4 Å². The minimum atomic E-state index is -1.12. The molecule has 0 aromatic heterocycles. The van der Waals surface area contributed by atoms with E-state index < -0.39 is 5.97 Å². The fourth-order valence-corrected chi connectivity index (χ4v) is 1.89. The largest absolute Gasteiger partial charge is 0.497 e. The minimum absolute atomic E-state index is 0.00204. The molecule has 2 aromatic carbocycles. The lowest BCUT2D eigenvalue weighted by Crippen LogP contribution is -2.06. The molecule has 0 saturated heterocycles. The Labute approximate surface area is 122 Å². The summed E-state index contributed by atoms with van der Waals surface area (Å²) in [6.07, 6.45) is 2.99. The van der Waals surface area contributed by atoms with Crippen LogP contribution in [0, 0.1) is 0 Å². The molecule has 0 bridgehead atoms. The number of carboxylic acids is 1. The summed E-state index contributed by atoms with van der Waals surface area (Å²) in [4.78, 5) is 23.2. The van der Waals surface area contributed by atoms with Crippen molar-refractivity contribution in [3.63, 3.8) is 0 Å². The number of ether oxygens (including phenoxy) is 1. The molecule has 0 aliphatic rings. The van der Waals surface area contributed by atoms with Crippen molar-refractivity contribution in [2.24, 2.45) is 0 Å². The minimum Gasteiger partial charge on any atom is -0.497 e. The van der Waals surface area contributed by atoms with Crippen LogP contribution in [0.5, 0.6) is 5.75 Å². The number of aromatic carboxylic acids is 1. The number of methoxy groups -OCH3 is 1. The third-order valence-corrected chi connectivity index (χ3v) is 2.94. The predicted molar refractivity (Wildman–Crippen MR) is 79.8 cm³/mol. The standard InChI is InChI=1S/C17H14O4/c1-21-13-6-4-5-12(11-13)9-10-16(18)14-7-2-3-8-15(14)17(19)20/h2-11H,1H3,(H,19,20)/b10-9+. The van der Waals surface area contributed by atoms with Gasteiger partial charge in [-0.05, 0) is 29.8 Å². The number of ketones is 1. The summed E-state index contributed by atoms with van der Waals surface area (Å²) in [7, 11) is 1.57. The van der Waals surface area contributed by atoms with E-state index in [-0.39, 0.29) is 16.9 Å². The highest BCUT2D eigenvalue weighted by molar-refractivity contribution is 6.12. The molecule has 0 amide bonds. The van der Waals surface area contributed by atoms with Gasteiger partial charge in [-0.2, -0.15) is 0 Å². The Kier molecular flexibility index (Phi) is 4.51. The van der Waals surface area contributed by atoms with Crippen LogP contribution < -0.4 is 4.74 Å². The molecule has 2 rings (SSSR count). The Morgan fingerprint density at radius 3 is 2.43 bits per heavy atom. The number of hydrogen-bond donors (Lipinski definition) is 1. The molecular formula is C17H14O4. The molecule has 0 saturated carbocycles. The van der Waals surface area contributed by atoms with Crippen molar-refractivity contribution in [3.05, 3.63) is 71.3 Å². The van der Waals surface area contributed by atoms with Gasteiger partial charge in [0.25, 0.3) is 0 Å². The molecule has 0 spiro atoms. The van der Waals surface area contributed by atoms with Crippen LogP contribution in [-0.2, 0) is 0 Å². The maximum Gasteiger partial charge on any atom is 0.336 e. The summed E-state index contributed by atoms with van der Waals surface area (Å²) in [5, 5.41) is 9.08. The molecule has 0 aliphatic heterocycles. The number of carbonyl (C=O) groups is 2. The number of hydrogen-bond acceptors (Lipinski definition) is 3. The SMILES string of the molecule is COc1cccc(/C=C/C(=O)c2ccccc2C(=O)O)c1. The van der Waals surface area contributed by atoms with E-state index in [0.717, 1.165) is 5.56 Å². The Hall–Kier alpha value is -2.88. The van der Waals surface area contributed by atoms with Crippen LogP contribution in [-0.4, -0.2) is 24.0 Å². The number of carbonyl (C=O) groups excluding carboxylic acids is 1. The Morgan fingerprint density at radius 2 is 1.76 bits per heavy atom. The number of allylic oxidation sites excluding steroid dienone is 1. The van der Waals surface area contributed by atoms with Crippen molar-refractivity contribution in [3.8, 4) is 5.75 Å². The molecule has 21 heavy (non-hydrogen) atoms. The van der Waals surface area contributed by atoms with Gasteiger partial charge in [0.1, 0.15) is 5.75 Å². The van der Waals surface area contributed by atoms with Crippen LogP contribution in [0.25, 0.3) is 6.08 Å². The molecule has 0 radical (unpaired) electrons. The molecule has 106 valence electrons. The van der Waals surface area contributed by atoms with Crippen LogP contribution in [0.1, 0.15) is 26.3 Å². The molecule has 0 aliphatic carbocycles. The van der Waals surface area contributed by atoms with E-state index in [0.29, 0.717) is 5.75 Å². The van der Waals surface area contributed by atoms with Crippen LogP contribution >= 0.6 is 0 Å². The van der Waals surface area contributed by atoms with E-state index >= 15 is 0 Å². The van der Waals surface area contributed by atoms with Gasteiger partial charge in [0.2, 0.25) is 0 Å². The molecule has 2 aromatic rings. The predicted octanol–water partition coefficient (Wildman–Crippen LogP) is 3.29. The molecule has 0 atom stereocenters. The van der Waals surface area contributed by atoms with E-state index in [1.807, 2.05) is 12.1 Å². The third-order valence-electron chi connectivity index (χ3n) is 2.94. The first-order chi connectivity index (χ1) is 10.1. The summed E-state index contributed by atoms with van der Waals surface area (Å²) in [6.45, 7) is 0. The first-order valence-corrected chi connectivity index (χ1v) is 6.30. The van der Waals surface area contributed by atoms with Crippen molar-refractivity contribution in [2.45, 2.75) is 0 Å². The second kappa shape index (κ2) is 6.52. The average molecular weight is 282 g/mol. The monoisotopic (exact) mass is 282 g/mol. The van der Waals surface area contributed by atoms with Gasteiger partial charge in [-0.3, -0.25) is 4.79 Å². The smallest absolute Gasteiger partial charge is 0.336 e. The van der Waals surface area contributed by atoms with E-state index in [1.54, 1.807) is 37.5 Å². The zero-order chi connectivity index (χ0) is 15.2. The highest BCUT2D eigenvalue weighted by Crippen LogP contribution is 2.15. The van der Waals surface area contributed by atoms with Crippen LogP contribution in [0.4, 0.5) is 0 Å². The van der Waals surface area contributed by atoms with Gasteiger partial charge in [0, 0.05) is 5.56 Å². The van der Waals surface area contributed by atoms with Gasteiger partial charge in [-0.1, -0.05) is 36.4 Å². The highest BCUT2D eigenvalue weighted by Gasteiger charge is 2.13. The fourth-order valence-electron chi connectivity index (χ4n) is 1.89. The van der Waals surface area contributed by atoms with Gasteiger partial charge < -0.3 is 9.84 Å². The van der Waals surface area contributed by atoms with E-state index in [1.165, 1.54) is 18.2 Å². The zero-order valence-corrected chi connectivity index (χ0v) is 11.4. The van der Waals surface area contributed by atoms with Crippen LogP contribution in [0.3, 0.4) is 0 Å². The van der Waals surface area contributed by atoms with E-state index in [9.17, 15) is 9.59 Å². The average Bonchev–Trinajstić information content (AvgIpc) is 2.52. The lowest BCUT2D eigenvalue weighted by molar-refractivity contribution is 0.0693. The molecule has 4 nitrogen and oxygen atoms in total. The molecular weight excluding hydrogens is 268 g/mol. The van der Waals surface area contributed by atoms with E-state index in [4.69, 9.17) is 9.84 Å². The summed E-state index contributed by atoms with van der Waals surface area (Å²) in [5.41, 5.74) is 0.970. The van der Waals surface area contributed by atoms with Crippen LogP contribution in [0.15, 0.2) is 54.6 Å². The third kappa shape index (κ3) is 3.57. The summed E-state index contributed by atoms with van der Waals surface area (Å²) in [6, 6.07) is 13.4. The van der Waals surface area contributed by atoms with Gasteiger partial charge in [-0.15, -0.1) is 0 Å². The van der Waals surface area contributed by atoms with Gasteiger partial charge in [-0.25, -0.2) is 4.79 Å². The van der Waals surface area contributed by atoms with Crippen LogP contribution in [0.2, 0.25) is 0 Å². The topological polar surface area (TPSA) is 63.6 Å². The normalized spacial score (nSPS) is 10.5. The van der Waals surface area contributed by atoms with Crippen molar-refractivity contribution in [1.82, 2.24) is 0 Å². The Bertz CT molecular complexity index is 701. The Morgan fingerprint density at radius 1 is 1.05 bits per heavy atom. The molecule has 0 unspecified atom stereocenters. The van der Waals surface area contributed by atoms with Crippen molar-refractivity contribution in [2.75, 3.05) is 7.11 Å². The summed E-state index contributed by atoms with van der Waals surface area (Å²) in [5.74, 6) is -0.778. The quantitative estimate of drug-likeness (QED) is 0.675. The highest BCUT2D eigenvalue weighted by atomic mass is 16.5. The fraction of sp³-hybridized carbons (Fsp3) is 0.0588. The van der Waals surface area contributed by atoms with E-state index in [2.05, 4.69) is 0 Å². The lowest BCUT2D eigenvalue weighted by Gasteiger charge is -2.02. The Balaban J connectivity index is 2.25. The maximum absolute atomic E-state index is 12.1. The first-order valence-electron chi connectivity index (χ1n) is 6.30. The molecule has 0 heterocycles. The summed E-state index contributed by atoms with van der Waals surface area (Å²) < 4.78 is 5.10. The second-order valence-electron chi connectivity index (χ2n) is 4.32. The number of carboxylic acid groups (broad SMARTS) is 1. The molecule has 1 N–H and O–H groups in total. The van der Waals surface area contributed by atoms with Gasteiger partial charge in [0.05, 0.1) is 12.7 Å². The van der Waals surface area contributed by atoms with Gasteiger partial charge in [0.15, 0.2) is 5.78 Å². The lowest BCUT2D eigenvalue weighted by atomic mass is 10.0. The van der Waals surface area contributed by atoms with Crippen molar-refractivity contribution in [1.29, 1.82) is 0 Å². The molecule has 0 fully saturated rings. The zero-order valence-electron chi connectivity index (χ0n) is 11.4. The second-order valence-corrected chi connectivity index (χ2v) is 4.32. The van der Waals surface area contributed by atoms with Gasteiger partial charge >= 0.3 is 5.97 Å². The van der Waals surface area contributed by atoms with Crippen molar-refractivity contribution >= 4 is 17.8 Å². The summed E-state index contributed by atoms with van der Waals surface area (Å²) >= 11 is 0. The first kappa shape index (κ1) is 14.5.